The van der Waals surface area contributed by atoms with Crippen molar-refractivity contribution >= 4 is 23.5 Å². The number of aromatic nitrogens is 3. The van der Waals surface area contributed by atoms with E-state index in [1.807, 2.05) is 36.1 Å². The Morgan fingerprint density at radius 3 is 2.93 bits per heavy atom. The van der Waals surface area contributed by atoms with Gasteiger partial charge in [0, 0.05) is 17.7 Å². The molecule has 8 heteroatoms. The van der Waals surface area contributed by atoms with Crippen molar-refractivity contribution in [2.24, 2.45) is 0 Å². The van der Waals surface area contributed by atoms with Crippen molar-refractivity contribution in [2.75, 3.05) is 25.3 Å². The van der Waals surface area contributed by atoms with Gasteiger partial charge >= 0.3 is 0 Å². The number of benzene rings is 1. The molecule has 1 aliphatic heterocycles. The van der Waals surface area contributed by atoms with Gasteiger partial charge in [-0.25, -0.2) is 4.68 Å². The maximum Gasteiger partial charge on any atom is 0.227 e. The van der Waals surface area contributed by atoms with Crippen LogP contribution in [0.4, 0.5) is 5.95 Å². The van der Waals surface area contributed by atoms with Gasteiger partial charge in [0.05, 0.1) is 13.7 Å². The smallest absolute Gasteiger partial charge is 0.227 e. The molecule has 7 nitrogen and oxygen atoms in total. The van der Waals surface area contributed by atoms with Gasteiger partial charge in [0.2, 0.25) is 11.1 Å². The van der Waals surface area contributed by atoms with E-state index in [9.17, 15) is 4.79 Å². The Balaban J connectivity index is 1.87. The Hall–Kier alpha value is -2.48. The largest absolute Gasteiger partial charge is 0.493 e. The number of nitrogens with zero attached hydrogens (tertiary/aromatic N) is 3. The van der Waals surface area contributed by atoms with Crippen LogP contribution in [-0.4, -0.2) is 40.5 Å². The quantitative estimate of drug-likeness (QED) is 0.789. The number of ketones is 1. The number of nitrogens with one attached hydrogen (secondary N) is 1. The summed E-state index contributed by atoms with van der Waals surface area (Å²) >= 11 is 1.48. The highest BCUT2D eigenvalue weighted by atomic mass is 32.2. The van der Waals surface area contributed by atoms with E-state index in [1.165, 1.54) is 11.8 Å². The fraction of sp³-hybridized carbons (Fsp3) is 0.421. The van der Waals surface area contributed by atoms with E-state index in [0.717, 1.165) is 29.7 Å². The molecule has 27 heavy (non-hydrogen) atoms. The lowest BCUT2D eigenvalue weighted by Crippen LogP contribution is -2.31. The molecular formula is C19H22N4O3S. The summed E-state index contributed by atoms with van der Waals surface area (Å²) in [6.45, 7) is 2.49. The second kappa shape index (κ2) is 7.26. The van der Waals surface area contributed by atoms with E-state index in [2.05, 4.69) is 15.4 Å². The second-order valence-corrected chi connectivity index (χ2v) is 7.18. The standard InChI is InChI=1S/C19H22N4O3S/c1-4-26-14-9-8-11(10-15(14)25-2)17-16-12(6-5-7-13(16)24)20-18-21-19(27-3)22-23(17)18/h8-10,17H,4-7H2,1-3H3,(H,20,21,22)/t17-/m0/s1. The van der Waals surface area contributed by atoms with Crippen molar-refractivity contribution < 1.29 is 14.3 Å². The van der Waals surface area contributed by atoms with Crippen LogP contribution in [0.15, 0.2) is 34.6 Å². The summed E-state index contributed by atoms with van der Waals surface area (Å²) < 4.78 is 13.0. The van der Waals surface area contributed by atoms with Gasteiger partial charge in [-0.2, -0.15) is 4.98 Å². The third-order valence-corrected chi connectivity index (χ3v) is 5.37. The van der Waals surface area contributed by atoms with Crippen molar-refractivity contribution in [3.63, 3.8) is 0 Å². The van der Waals surface area contributed by atoms with Crippen LogP contribution in [0.25, 0.3) is 0 Å². The number of thioether (sulfide) groups is 1. The summed E-state index contributed by atoms with van der Waals surface area (Å²) in [5.41, 5.74) is 2.66. The summed E-state index contributed by atoms with van der Waals surface area (Å²) in [5, 5.41) is 8.61. The lowest BCUT2D eigenvalue weighted by Gasteiger charge is -2.32. The highest BCUT2D eigenvalue weighted by Gasteiger charge is 2.37. The van der Waals surface area contributed by atoms with E-state index < -0.39 is 0 Å². The maximum atomic E-state index is 12.8. The van der Waals surface area contributed by atoms with Crippen LogP contribution in [0.3, 0.4) is 0 Å². The third kappa shape index (κ3) is 3.07. The minimum atomic E-state index is -0.318. The van der Waals surface area contributed by atoms with Crippen LogP contribution in [0.2, 0.25) is 0 Å². The summed E-state index contributed by atoms with van der Waals surface area (Å²) in [5.74, 6) is 2.16. The molecule has 1 atom stereocenters. The van der Waals surface area contributed by atoms with E-state index in [4.69, 9.17) is 9.47 Å². The molecule has 1 aliphatic carbocycles. The Labute approximate surface area is 162 Å². The normalized spacial score (nSPS) is 18.6. The van der Waals surface area contributed by atoms with Crippen LogP contribution in [0.5, 0.6) is 11.5 Å². The molecule has 0 fully saturated rings. The lowest BCUT2D eigenvalue weighted by molar-refractivity contribution is -0.116. The zero-order valence-corrected chi connectivity index (χ0v) is 16.4. The average Bonchev–Trinajstić information content (AvgIpc) is 3.10. The van der Waals surface area contributed by atoms with Crippen molar-refractivity contribution in [2.45, 2.75) is 37.4 Å². The number of hydrogen-bond acceptors (Lipinski definition) is 7. The van der Waals surface area contributed by atoms with E-state index in [1.54, 1.807) is 7.11 Å². The molecule has 0 amide bonds. The van der Waals surface area contributed by atoms with Gasteiger partial charge in [0.1, 0.15) is 6.04 Å². The van der Waals surface area contributed by atoms with Gasteiger partial charge in [-0.1, -0.05) is 17.8 Å². The molecule has 2 aliphatic rings. The highest BCUT2D eigenvalue weighted by molar-refractivity contribution is 7.98. The summed E-state index contributed by atoms with van der Waals surface area (Å²) in [4.78, 5) is 17.4. The Kier molecular flexibility index (Phi) is 4.82. The number of allylic oxidation sites excluding steroid dienone is 2. The summed E-state index contributed by atoms with van der Waals surface area (Å²) in [6, 6.07) is 5.47. The fourth-order valence-corrected chi connectivity index (χ4v) is 4.01. The molecule has 142 valence electrons. The molecule has 1 aromatic carbocycles. The molecule has 2 heterocycles. The summed E-state index contributed by atoms with van der Waals surface area (Å²) in [7, 11) is 1.62. The van der Waals surface area contributed by atoms with Crippen LogP contribution in [-0.2, 0) is 4.79 Å². The van der Waals surface area contributed by atoms with Crippen LogP contribution in [0.1, 0.15) is 37.8 Å². The van der Waals surface area contributed by atoms with E-state index in [0.29, 0.717) is 35.6 Å². The second-order valence-electron chi connectivity index (χ2n) is 6.41. The predicted molar refractivity (Wildman–Crippen MR) is 104 cm³/mol. The number of methoxy groups -OCH3 is 1. The minimum absolute atomic E-state index is 0.161. The Morgan fingerprint density at radius 2 is 2.19 bits per heavy atom. The summed E-state index contributed by atoms with van der Waals surface area (Å²) in [6.07, 6.45) is 4.19. The Morgan fingerprint density at radius 1 is 1.33 bits per heavy atom. The molecule has 0 spiro atoms. The highest BCUT2D eigenvalue weighted by Crippen LogP contribution is 2.42. The number of ether oxygens (including phenoxy) is 2. The first-order chi connectivity index (χ1) is 13.2. The van der Waals surface area contributed by atoms with Crippen molar-refractivity contribution in [1.82, 2.24) is 14.8 Å². The monoisotopic (exact) mass is 386 g/mol. The van der Waals surface area contributed by atoms with Gasteiger partial charge in [-0.3, -0.25) is 4.79 Å². The molecule has 4 rings (SSSR count). The number of Topliss-reactive ketones (excluding diaryl/α,β-unsaturated/α-hetero) is 1. The number of carbonyl (C=O) groups excluding carboxylic acids is 1. The average molecular weight is 386 g/mol. The van der Waals surface area contributed by atoms with Gasteiger partial charge in [-0.05, 0) is 43.7 Å². The van der Waals surface area contributed by atoms with Crippen molar-refractivity contribution in [3.05, 3.63) is 35.0 Å². The molecule has 0 unspecified atom stereocenters. The molecule has 0 saturated heterocycles. The molecule has 0 radical (unpaired) electrons. The van der Waals surface area contributed by atoms with E-state index >= 15 is 0 Å². The van der Waals surface area contributed by atoms with Crippen LogP contribution < -0.4 is 14.8 Å². The zero-order chi connectivity index (χ0) is 19.0. The van der Waals surface area contributed by atoms with Crippen LogP contribution in [0, 0.1) is 0 Å². The third-order valence-electron chi connectivity index (χ3n) is 4.83. The molecular weight excluding hydrogens is 364 g/mol. The first-order valence-electron chi connectivity index (χ1n) is 9.00. The van der Waals surface area contributed by atoms with Crippen molar-refractivity contribution in [3.8, 4) is 11.5 Å². The first-order valence-corrected chi connectivity index (χ1v) is 10.2. The SMILES string of the molecule is CCOc1ccc([C@H]2C3=C(CCCC3=O)Nc3nc(SC)nn32)cc1OC. The van der Waals surface area contributed by atoms with Gasteiger partial charge < -0.3 is 14.8 Å². The van der Waals surface area contributed by atoms with Gasteiger partial charge in [0.25, 0.3) is 0 Å². The number of anilines is 1. The van der Waals surface area contributed by atoms with Crippen molar-refractivity contribution in [1.29, 1.82) is 0 Å². The van der Waals surface area contributed by atoms with Crippen LogP contribution >= 0.6 is 11.8 Å². The van der Waals surface area contributed by atoms with E-state index in [-0.39, 0.29) is 11.8 Å². The maximum absolute atomic E-state index is 12.8. The molecule has 0 bridgehead atoms. The molecule has 1 N–H and O–H groups in total. The fourth-order valence-electron chi connectivity index (χ4n) is 3.66. The molecule has 0 saturated carbocycles. The predicted octanol–water partition coefficient (Wildman–Crippen LogP) is 3.43. The zero-order valence-electron chi connectivity index (χ0n) is 15.6. The number of hydrogen-bond donors (Lipinski definition) is 1. The molecule has 2 aromatic rings. The van der Waals surface area contributed by atoms with Gasteiger partial charge in [-0.15, -0.1) is 5.10 Å². The lowest BCUT2D eigenvalue weighted by atomic mass is 9.85. The van der Waals surface area contributed by atoms with Gasteiger partial charge in [0.15, 0.2) is 17.3 Å². The molecule has 1 aromatic heterocycles. The minimum Gasteiger partial charge on any atom is -0.493 e. The topological polar surface area (TPSA) is 78.3 Å². The number of fused-ring (bicyclic) bond motifs is 1. The number of rotatable bonds is 5. The first kappa shape index (κ1) is 17.9. The Bertz CT molecular complexity index is 922. The number of carbonyl (C=O) groups is 1.